The van der Waals surface area contributed by atoms with Gasteiger partial charge >= 0.3 is 0 Å². The maximum atomic E-state index is 11.5. The predicted octanol–water partition coefficient (Wildman–Crippen LogP) is 1.58. The Labute approximate surface area is 162 Å². The van der Waals surface area contributed by atoms with Crippen molar-refractivity contribution < 1.29 is 14.6 Å². The van der Waals surface area contributed by atoms with Gasteiger partial charge in [-0.1, -0.05) is 24.6 Å². The monoisotopic (exact) mass is 375 g/mol. The molecule has 150 valence electrons. The lowest BCUT2D eigenvalue weighted by Crippen LogP contribution is -2.47. The summed E-state index contributed by atoms with van der Waals surface area (Å²) in [4.78, 5) is 18.1. The van der Waals surface area contributed by atoms with Crippen LogP contribution in [0, 0.1) is 0 Å². The molecule has 1 unspecified atom stereocenters. The smallest absolute Gasteiger partial charge is 0.219 e. The number of likely N-dealkylation sites (tertiary alicyclic amines) is 1. The highest BCUT2D eigenvalue weighted by molar-refractivity contribution is 5.73. The number of amides is 1. The number of ether oxygens (including phenoxy) is 1. The molecule has 0 saturated carbocycles. The van der Waals surface area contributed by atoms with E-state index in [9.17, 15) is 9.90 Å². The van der Waals surface area contributed by atoms with Crippen LogP contribution in [0.25, 0.3) is 0 Å². The van der Waals surface area contributed by atoms with E-state index in [1.54, 1.807) is 6.92 Å². The molecule has 3 rings (SSSR count). The molecule has 27 heavy (non-hydrogen) atoms. The number of aliphatic hydroxyl groups is 1. The van der Waals surface area contributed by atoms with Crippen LogP contribution in [0.1, 0.15) is 31.7 Å². The molecule has 2 saturated heterocycles. The van der Waals surface area contributed by atoms with Crippen LogP contribution in [-0.2, 0) is 11.3 Å². The number of hydrogen-bond acceptors (Lipinski definition) is 5. The van der Waals surface area contributed by atoms with Crippen LogP contribution in [0.3, 0.4) is 0 Å². The first-order valence-corrected chi connectivity index (χ1v) is 10.2. The van der Waals surface area contributed by atoms with Gasteiger partial charge in [0.25, 0.3) is 0 Å². The summed E-state index contributed by atoms with van der Waals surface area (Å²) in [6.07, 6.45) is 3.30. The van der Waals surface area contributed by atoms with Gasteiger partial charge in [-0.3, -0.25) is 9.69 Å². The first-order valence-electron chi connectivity index (χ1n) is 10.2. The van der Waals surface area contributed by atoms with Gasteiger partial charge in [-0.25, -0.2) is 0 Å². The van der Waals surface area contributed by atoms with Crippen molar-refractivity contribution in [1.29, 1.82) is 0 Å². The Morgan fingerprint density at radius 3 is 2.44 bits per heavy atom. The second-order valence-electron chi connectivity index (χ2n) is 7.72. The van der Waals surface area contributed by atoms with Crippen molar-refractivity contribution in [2.45, 2.75) is 38.8 Å². The minimum absolute atomic E-state index is 0.154. The van der Waals surface area contributed by atoms with Gasteiger partial charge in [-0.15, -0.1) is 0 Å². The van der Waals surface area contributed by atoms with Crippen LogP contribution in [0.2, 0.25) is 0 Å². The third kappa shape index (κ3) is 6.19. The van der Waals surface area contributed by atoms with Gasteiger partial charge in [0.1, 0.15) is 18.5 Å². The van der Waals surface area contributed by atoms with Crippen molar-refractivity contribution in [3.05, 3.63) is 29.8 Å². The number of para-hydroxylation sites is 1. The van der Waals surface area contributed by atoms with Crippen LogP contribution >= 0.6 is 0 Å². The molecule has 0 aromatic heterocycles. The van der Waals surface area contributed by atoms with Crippen molar-refractivity contribution in [2.24, 2.45) is 0 Å². The molecule has 1 aromatic rings. The molecule has 1 amide bonds. The second kappa shape index (κ2) is 10.1. The lowest BCUT2D eigenvalue weighted by Gasteiger charge is -2.34. The standard InChI is InChI=1S/C21H33N3O3/c1-18(25)24-13-11-23(12-14-24)15-19-7-3-4-8-21(19)27-17-20(26)16-22-9-5-2-6-10-22/h3-4,7-8,20,26H,2,5-6,9-17H2,1H3. The molecule has 0 bridgehead atoms. The van der Waals surface area contributed by atoms with Gasteiger partial charge in [-0.2, -0.15) is 0 Å². The largest absolute Gasteiger partial charge is 0.491 e. The average Bonchev–Trinajstić information content (AvgIpc) is 2.68. The number of carbonyl (C=O) groups is 1. The summed E-state index contributed by atoms with van der Waals surface area (Å²) in [5, 5.41) is 10.3. The van der Waals surface area contributed by atoms with Crippen LogP contribution < -0.4 is 4.74 Å². The van der Waals surface area contributed by atoms with Crippen LogP contribution in [0.5, 0.6) is 5.75 Å². The highest BCUT2D eigenvalue weighted by Crippen LogP contribution is 2.21. The number of carbonyl (C=O) groups excluding carboxylic acids is 1. The quantitative estimate of drug-likeness (QED) is 0.784. The van der Waals surface area contributed by atoms with Gasteiger partial charge in [0.2, 0.25) is 5.91 Å². The Hall–Kier alpha value is -1.63. The molecular formula is C21H33N3O3. The summed E-state index contributed by atoms with van der Waals surface area (Å²) < 4.78 is 5.97. The van der Waals surface area contributed by atoms with E-state index < -0.39 is 6.10 Å². The molecule has 0 aliphatic carbocycles. The normalized spacial score (nSPS) is 20.4. The van der Waals surface area contributed by atoms with Crippen molar-refractivity contribution >= 4 is 5.91 Å². The van der Waals surface area contributed by atoms with Crippen LogP contribution in [0.4, 0.5) is 0 Å². The molecule has 2 heterocycles. The van der Waals surface area contributed by atoms with Gasteiger partial charge < -0.3 is 19.6 Å². The fourth-order valence-corrected chi connectivity index (χ4v) is 3.92. The van der Waals surface area contributed by atoms with E-state index >= 15 is 0 Å². The first kappa shape index (κ1) is 20.1. The zero-order chi connectivity index (χ0) is 19.1. The third-order valence-corrected chi connectivity index (χ3v) is 5.53. The number of piperazine rings is 1. The predicted molar refractivity (Wildman–Crippen MR) is 106 cm³/mol. The molecule has 6 nitrogen and oxygen atoms in total. The summed E-state index contributed by atoms with van der Waals surface area (Å²) in [5.74, 6) is 1.00. The highest BCUT2D eigenvalue weighted by atomic mass is 16.5. The van der Waals surface area contributed by atoms with Gasteiger partial charge in [0.05, 0.1) is 0 Å². The van der Waals surface area contributed by atoms with E-state index in [0.717, 1.165) is 57.1 Å². The lowest BCUT2D eigenvalue weighted by atomic mass is 10.1. The number of nitrogens with zero attached hydrogens (tertiary/aromatic N) is 3. The molecule has 1 atom stereocenters. The SMILES string of the molecule is CC(=O)N1CCN(Cc2ccccc2OCC(O)CN2CCCCC2)CC1. The second-order valence-corrected chi connectivity index (χ2v) is 7.72. The van der Waals surface area contributed by atoms with Crippen LogP contribution in [0.15, 0.2) is 24.3 Å². The van der Waals surface area contributed by atoms with E-state index in [1.807, 2.05) is 23.1 Å². The topological polar surface area (TPSA) is 56.3 Å². The zero-order valence-corrected chi connectivity index (χ0v) is 16.5. The Morgan fingerprint density at radius 1 is 1.04 bits per heavy atom. The molecular weight excluding hydrogens is 342 g/mol. The fraction of sp³-hybridized carbons (Fsp3) is 0.667. The first-order chi connectivity index (χ1) is 13.1. The zero-order valence-electron chi connectivity index (χ0n) is 16.5. The van der Waals surface area contributed by atoms with E-state index in [4.69, 9.17) is 4.74 Å². The van der Waals surface area contributed by atoms with E-state index in [-0.39, 0.29) is 5.91 Å². The molecule has 2 aliphatic heterocycles. The summed E-state index contributed by atoms with van der Waals surface area (Å²) >= 11 is 0. The van der Waals surface area contributed by atoms with Gasteiger partial charge in [-0.05, 0) is 32.0 Å². The Bertz CT molecular complexity index is 596. The van der Waals surface area contributed by atoms with Crippen molar-refractivity contribution in [3.63, 3.8) is 0 Å². The molecule has 1 aromatic carbocycles. The molecule has 2 fully saturated rings. The molecule has 2 aliphatic rings. The van der Waals surface area contributed by atoms with Crippen molar-refractivity contribution in [2.75, 3.05) is 52.4 Å². The summed E-state index contributed by atoms with van der Waals surface area (Å²) in [5.41, 5.74) is 1.14. The number of β-amino-alcohol motifs (C(OH)–C–C–N with tert-alkyl or cyclic N) is 1. The summed E-state index contributed by atoms with van der Waals surface area (Å²) in [6, 6.07) is 8.07. The van der Waals surface area contributed by atoms with Crippen LogP contribution in [-0.4, -0.2) is 84.2 Å². The number of hydrogen-bond donors (Lipinski definition) is 1. The van der Waals surface area contributed by atoms with E-state index in [2.05, 4.69) is 15.9 Å². The Kier molecular flexibility index (Phi) is 7.50. The Balaban J connectivity index is 1.48. The number of benzene rings is 1. The number of piperidine rings is 1. The Morgan fingerprint density at radius 2 is 1.74 bits per heavy atom. The van der Waals surface area contributed by atoms with Gasteiger partial charge in [0, 0.05) is 51.8 Å². The maximum Gasteiger partial charge on any atom is 0.219 e. The summed E-state index contributed by atoms with van der Waals surface area (Å²) in [6.45, 7) is 8.95. The third-order valence-electron chi connectivity index (χ3n) is 5.53. The minimum Gasteiger partial charge on any atom is -0.491 e. The minimum atomic E-state index is -0.463. The molecule has 0 spiro atoms. The average molecular weight is 376 g/mol. The van der Waals surface area contributed by atoms with Gasteiger partial charge in [0.15, 0.2) is 0 Å². The van der Waals surface area contributed by atoms with E-state index in [0.29, 0.717) is 13.2 Å². The van der Waals surface area contributed by atoms with E-state index in [1.165, 1.54) is 19.3 Å². The number of rotatable bonds is 7. The lowest BCUT2D eigenvalue weighted by molar-refractivity contribution is -0.130. The fourth-order valence-electron chi connectivity index (χ4n) is 3.92. The highest BCUT2D eigenvalue weighted by Gasteiger charge is 2.20. The summed E-state index contributed by atoms with van der Waals surface area (Å²) in [7, 11) is 0. The van der Waals surface area contributed by atoms with Crippen molar-refractivity contribution in [1.82, 2.24) is 14.7 Å². The number of aliphatic hydroxyl groups excluding tert-OH is 1. The molecule has 0 radical (unpaired) electrons. The maximum absolute atomic E-state index is 11.5. The van der Waals surface area contributed by atoms with Crippen molar-refractivity contribution in [3.8, 4) is 5.75 Å². The molecule has 1 N–H and O–H groups in total. The molecule has 6 heteroatoms.